The normalized spacial score (nSPS) is 16.8. The van der Waals surface area contributed by atoms with Crippen molar-refractivity contribution in [1.29, 1.82) is 0 Å². The average Bonchev–Trinajstić information content (AvgIpc) is 2.98. The molecule has 4 heterocycles. The fourth-order valence-corrected chi connectivity index (χ4v) is 3.60. The first-order valence-electron chi connectivity index (χ1n) is 8.65. The summed E-state index contributed by atoms with van der Waals surface area (Å²) in [7, 11) is 0. The van der Waals surface area contributed by atoms with E-state index in [-0.39, 0.29) is 11.7 Å². The van der Waals surface area contributed by atoms with E-state index in [2.05, 4.69) is 19.9 Å². The molecule has 3 aromatic heterocycles. The van der Waals surface area contributed by atoms with Gasteiger partial charge < -0.3 is 4.74 Å². The summed E-state index contributed by atoms with van der Waals surface area (Å²) in [6, 6.07) is 5.68. The molecule has 0 aromatic carbocycles. The van der Waals surface area contributed by atoms with Gasteiger partial charge in [-0.05, 0) is 24.1 Å². The van der Waals surface area contributed by atoms with Crippen LogP contribution in [0.3, 0.4) is 0 Å². The molecule has 3 aromatic rings. The molecule has 26 heavy (non-hydrogen) atoms. The van der Waals surface area contributed by atoms with Crippen molar-refractivity contribution >= 4 is 22.8 Å². The van der Waals surface area contributed by atoms with Crippen molar-refractivity contribution in [3.05, 3.63) is 57.9 Å². The van der Waals surface area contributed by atoms with E-state index in [1.165, 1.54) is 0 Å². The lowest BCUT2D eigenvalue weighted by Gasteiger charge is -2.31. The molecule has 1 unspecified atom stereocenters. The fourth-order valence-electron chi connectivity index (χ4n) is 3.45. The Bertz CT molecular complexity index is 934. The van der Waals surface area contributed by atoms with Gasteiger partial charge in [-0.1, -0.05) is 17.7 Å². The van der Waals surface area contributed by atoms with Gasteiger partial charge in [0, 0.05) is 38.2 Å². The van der Waals surface area contributed by atoms with Gasteiger partial charge in [-0.15, -0.1) is 0 Å². The number of hydrogen-bond acceptors (Lipinski definition) is 5. The van der Waals surface area contributed by atoms with E-state index in [0.717, 1.165) is 43.9 Å². The Labute approximate surface area is 155 Å². The molecule has 0 radical (unpaired) electrons. The number of ether oxygens (including phenoxy) is 1. The maximum Gasteiger partial charge on any atom is 0.327 e. The highest BCUT2D eigenvalue weighted by Gasteiger charge is 2.23. The largest absolute Gasteiger partial charge is 0.379 e. The van der Waals surface area contributed by atoms with Crippen molar-refractivity contribution in [2.75, 3.05) is 32.8 Å². The number of nitrogens with zero attached hydrogens (tertiary/aromatic N) is 4. The number of pyridine rings is 2. The Hall–Kier alpha value is -2.22. The zero-order valence-electron chi connectivity index (χ0n) is 14.3. The van der Waals surface area contributed by atoms with Gasteiger partial charge in [0.1, 0.15) is 0 Å². The molecule has 0 aliphatic carbocycles. The summed E-state index contributed by atoms with van der Waals surface area (Å²) < 4.78 is 7.22. The lowest BCUT2D eigenvalue weighted by molar-refractivity contribution is 0.0315. The first-order valence-corrected chi connectivity index (χ1v) is 9.03. The number of morpholine rings is 1. The highest BCUT2D eigenvalue weighted by atomic mass is 35.5. The summed E-state index contributed by atoms with van der Waals surface area (Å²) >= 11 is 6.13. The highest BCUT2D eigenvalue weighted by Crippen LogP contribution is 2.21. The van der Waals surface area contributed by atoms with Crippen molar-refractivity contribution in [2.24, 2.45) is 0 Å². The molecule has 1 aliphatic rings. The molecule has 0 spiro atoms. The van der Waals surface area contributed by atoms with Crippen LogP contribution in [-0.4, -0.2) is 57.3 Å². The predicted molar refractivity (Wildman–Crippen MR) is 99.6 cm³/mol. The van der Waals surface area contributed by atoms with Gasteiger partial charge in [0.2, 0.25) is 0 Å². The third-order valence-electron chi connectivity index (χ3n) is 4.67. The van der Waals surface area contributed by atoms with Gasteiger partial charge in [0.05, 0.1) is 29.8 Å². The number of aromatic nitrogens is 4. The zero-order valence-corrected chi connectivity index (χ0v) is 15.0. The Kier molecular flexibility index (Phi) is 5.01. The second kappa shape index (κ2) is 7.57. The highest BCUT2D eigenvalue weighted by molar-refractivity contribution is 6.31. The minimum Gasteiger partial charge on any atom is -0.379 e. The van der Waals surface area contributed by atoms with Crippen molar-refractivity contribution in [1.82, 2.24) is 24.4 Å². The molecular weight excluding hydrogens is 354 g/mol. The molecule has 7 nitrogen and oxygen atoms in total. The number of aromatic amines is 1. The molecule has 0 bridgehead atoms. The second-order valence-electron chi connectivity index (χ2n) is 6.45. The molecule has 1 saturated heterocycles. The van der Waals surface area contributed by atoms with E-state index in [0.29, 0.717) is 17.1 Å². The van der Waals surface area contributed by atoms with E-state index in [1.54, 1.807) is 23.0 Å². The lowest BCUT2D eigenvalue weighted by Crippen LogP contribution is -2.41. The summed E-state index contributed by atoms with van der Waals surface area (Å²) in [5.74, 6) is 0. The van der Waals surface area contributed by atoms with Gasteiger partial charge in [0.15, 0.2) is 5.65 Å². The lowest BCUT2D eigenvalue weighted by atomic mass is 10.1. The molecule has 0 saturated carbocycles. The third kappa shape index (κ3) is 3.65. The Balaban J connectivity index is 1.73. The van der Waals surface area contributed by atoms with E-state index in [4.69, 9.17) is 16.3 Å². The van der Waals surface area contributed by atoms with Crippen LogP contribution >= 0.6 is 11.6 Å². The van der Waals surface area contributed by atoms with Gasteiger partial charge in [0.25, 0.3) is 0 Å². The van der Waals surface area contributed by atoms with E-state index in [1.807, 2.05) is 18.3 Å². The number of halogens is 1. The van der Waals surface area contributed by atoms with Crippen LogP contribution in [0.2, 0.25) is 5.02 Å². The van der Waals surface area contributed by atoms with E-state index in [9.17, 15) is 4.79 Å². The summed E-state index contributed by atoms with van der Waals surface area (Å²) in [5, 5.41) is 0.511. The van der Waals surface area contributed by atoms with Crippen LogP contribution in [0.4, 0.5) is 0 Å². The molecule has 4 rings (SSSR count). The molecule has 8 heteroatoms. The number of H-pyrrole nitrogens is 1. The number of fused-ring (bicyclic) bond motifs is 1. The predicted octanol–water partition coefficient (Wildman–Crippen LogP) is 1.89. The van der Waals surface area contributed by atoms with Gasteiger partial charge >= 0.3 is 5.69 Å². The van der Waals surface area contributed by atoms with Crippen molar-refractivity contribution in [3.8, 4) is 0 Å². The molecule has 1 aliphatic heterocycles. The summed E-state index contributed by atoms with van der Waals surface area (Å²) in [4.78, 5) is 26.3. The molecular formula is C18H20ClN5O2. The fraction of sp³-hybridized carbons (Fsp3) is 0.389. The van der Waals surface area contributed by atoms with E-state index >= 15 is 0 Å². The smallest absolute Gasteiger partial charge is 0.327 e. The second-order valence-corrected chi connectivity index (χ2v) is 6.89. The first-order chi connectivity index (χ1) is 12.7. The Morgan fingerprint density at radius 2 is 2.15 bits per heavy atom. The minimum absolute atomic E-state index is 0.0567. The van der Waals surface area contributed by atoms with Gasteiger partial charge in [-0.25, -0.2) is 9.78 Å². The number of rotatable bonds is 5. The summed E-state index contributed by atoms with van der Waals surface area (Å²) in [5.41, 5.74) is 2.20. The summed E-state index contributed by atoms with van der Waals surface area (Å²) in [6.07, 6.45) is 5.84. The maximum absolute atomic E-state index is 12.7. The monoisotopic (exact) mass is 373 g/mol. The quantitative estimate of drug-likeness (QED) is 0.739. The van der Waals surface area contributed by atoms with Crippen LogP contribution in [0.25, 0.3) is 11.2 Å². The topological polar surface area (TPSA) is 76.0 Å². The standard InChI is InChI=1S/C18H20ClN5O2/c19-14-9-16-17(21-11-14)22-18(25)24(16)15(8-13-2-1-3-20-10-13)12-23-4-6-26-7-5-23/h1-3,9-11,15H,4-8,12H2,(H,21,22,25). The molecule has 1 N–H and O–H groups in total. The zero-order chi connectivity index (χ0) is 17.9. The number of imidazole rings is 1. The first kappa shape index (κ1) is 17.2. The third-order valence-corrected chi connectivity index (χ3v) is 4.88. The average molecular weight is 374 g/mol. The Morgan fingerprint density at radius 3 is 2.92 bits per heavy atom. The minimum atomic E-state index is -0.170. The van der Waals surface area contributed by atoms with Gasteiger partial charge in [-0.3, -0.25) is 19.4 Å². The Morgan fingerprint density at radius 1 is 1.31 bits per heavy atom. The van der Waals surface area contributed by atoms with Crippen molar-refractivity contribution in [3.63, 3.8) is 0 Å². The van der Waals surface area contributed by atoms with Crippen LogP contribution in [0.1, 0.15) is 11.6 Å². The van der Waals surface area contributed by atoms with Crippen LogP contribution in [0, 0.1) is 0 Å². The molecule has 136 valence electrons. The van der Waals surface area contributed by atoms with Crippen molar-refractivity contribution in [2.45, 2.75) is 12.5 Å². The van der Waals surface area contributed by atoms with E-state index < -0.39 is 0 Å². The van der Waals surface area contributed by atoms with Crippen LogP contribution < -0.4 is 5.69 Å². The number of nitrogens with one attached hydrogen (secondary N) is 1. The van der Waals surface area contributed by atoms with Crippen LogP contribution in [-0.2, 0) is 11.2 Å². The van der Waals surface area contributed by atoms with Gasteiger partial charge in [-0.2, -0.15) is 0 Å². The molecule has 0 amide bonds. The summed E-state index contributed by atoms with van der Waals surface area (Å²) in [6.45, 7) is 3.91. The van der Waals surface area contributed by atoms with Crippen LogP contribution in [0.15, 0.2) is 41.6 Å². The van der Waals surface area contributed by atoms with Crippen LogP contribution in [0.5, 0.6) is 0 Å². The molecule has 1 atom stereocenters. The number of hydrogen-bond donors (Lipinski definition) is 1. The maximum atomic E-state index is 12.7. The SMILES string of the molecule is O=c1[nH]c2ncc(Cl)cc2n1C(Cc1cccnc1)CN1CCOCC1. The van der Waals surface area contributed by atoms with Crippen molar-refractivity contribution < 1.29 is 4.74 Å². The molecule has 1 fully saturated rings.